The summed E-state index contributed by atoms with van der Waals surface area (Å²) in [7, 11) is 2.16. The van der Waals surface area contributed by atoms with Crippen LogP contribution in [0.25, 0.3) is 11.0 Å². The summed E-state index contributed by atoms with van der Waals surface area (Å²) in [6.45, 7) is 11.2. The molecule has 3 heterocycles. The van der Waals surface area contributed by atoms with Crippen LogP contribution in [0, 0.1) is 18.8 Å². The van der Waals surface area contributed by atoms with Gasteiger partial charge in [-0.15, -0.1) is 0 Å². The topological polar surface area (TPSA) is 105 Å². The van der Waals surface area contributed by atoms with Gasteiger partial charge < -0.3 is 16.0 Å². The van der Waals surface area contributed by atoms with Gasteiger partial charge in [0.2, 0.25) is 0 Å². The van der Waals surface area contributed by atoms with Crippen LogP contribution in [0.2, 0.25) is 0 Å². The number of benzene rings is 2. The second kappa shape index (κ2) is 11.2. The van der Waals surface area contributed by atoms with E-state index in [1.165, 1.54) is 11.9 Å². The number of hydrogen-bond donors (Lipinski definition) is 2. The first-order valence-electron chi connectivity index (χ1n) is 13.2. The third kappa shape index (κ3) is 5.93. The molecule has 0 spiro atoms. The van der Waals surface area contributed by atoms with Crippen LogP contribution in [0.3, 0.4) is 0 Å². The molecule has 2 aromatic carbocycles. The maximum atomic E-state index is 13.0. The zero-order valence-corrected chi connectivity index (χ0v) is 22.9. The number of amides is 1. The minimum atomic E-state index is -0.157. The fourth-order valence-electron chi connectivity index (χ4n) is 4.63. The van der Waals surface area contributed by atoms with Crippen LogP contribution in [0.4, 0.5) is 11.5 Å². The summed E-state index contributed by atoms with van der Waals surface area (Å²) >= 11 is 0. The fraction of sp³-hybridized carbons (Fsp3) is 0.333. The van der Waals surface area contributed by atoms with E-state index >= 15 is 0 Å². The van der Waals surface area contributed by atoms with Gasteiger partial charge in [0.1, 0.15) is 17.8 Å². The Morgan fingerprint density at radius 2 is 1.79 bits per heavy atom. The Balaban J connectivity index is 1.31. The van der Waals surface area contributed by atoms with Crippen molar-refractivity contribution in [3.8, 4) is 11.8 Å². The van der Waals surface area contributed by atoms with Gasteiger partial charge in [-0.1, -0.05) is 24.1 Å². The molecule has 0 bridgehead atoms. The molecule has 0 radical (unpaired) electrons. The van der Waals surface area contributed by atoms with Crippen molar-refractivity contribution in [3.05, 3.63) is 76.7 Å². The lowest BCUT2D eigenvalue weighted by Gasteiger charge is -2.32. The number of carbonyl (C=O) groups excluding carboxylic acids is 1. The molecule has 4 aromatic rings. The number of fused-ring (bicyclic) bond motifs is 1. The van der Waals surface area contributed by atoms with Gasteiger partial charge in [-0.2, -0.15) is 5.10 Å². The zero-order valence-electron chi connectivity index (χ0n) is 22.9. The van der Waals surface area contributed by atoms with Crippen LogP contribution in [-0.2, 0) is 6.54 Å². The summed E-state index contributed by atoms with van der Waals surface area (Å²) in [6, 6.07) is 13.7. The van der Waals surface area contributed by atoms with Gasteiger partial charge >= 0.3 is 0 Å². The fourth-order valence-corrected chi connectivity index (χ4v) is 4.63. The summed E-state index contributed by atoms with van der Waals surface area (Å²) in [5.74, 6) is 6.55. The molecule has 1 aliphatic rings. The number of anilines is 2. The standard InChI is InChI=1S/C30H34N8O/c1-20(2)38-29-27(28(31)32-19-33-29)26(35-38)12-10-24-17-25(11-5-21(24)3)34-30(39)23-8-6-22(7-9-23)18-37-15-13-36(4)14-16-37/h5-9,11,17,19-20H,13-16,18H2,1-4H3,(H,34,39)(H2,31,32,33). The normalized spacial score (nSPS) is 14.4. The SMILES string of the molecule is Cc1ccc(NC(=O)c2ccc(CN3CCN(C)CC3)cc2)cc1C#Cc1nn(C(C)C)c2ncnc(N)c12. The predicted molar refractivity (Wildman–Crippen MR) is 154 cm³/mol. The van der Waals surface area contributed by atoms with Crippen molar-refractivity contribution in [1.82, 2.24) is 29.5 Å². The zero-order chi connectivity index (χ0) is 27.5. The highest BCUT2D eigenvalue weighted by atomic mass is 16.1. The first-order valence-corrected chi connectivity index (χ1v) is 13.2. The van der Waals surface area contributed by atoms with Gasteiger partial charge in [-0.05, 0) is 69.1 Å². The Labute approximate surface area is 229 Å². The molecule has 0 saturated carbocycles. The Bertz CT molecular complexity index is 1550. The second-order valence-electron chi connectivity index (χ2n) is 10.4. The number of nitrogens with zero attached hydrogens (tertiary/aromatic N) is 6. The molecule has 39 heavy (non-hydrogen) atoms. The maximum Gasteiger partial charge on any atom is 0.255 e. The lowest BCUT2D eigenvalue weighted by Crippen LogP contribution is -2.43. The monoisotopic (exact) mass is 522 g/mol. The molecule has 200 valence electrons. The molecule has 1 aliphatic heterocycles. The van der Waals surface area contributed by atoms with Crippen LogP contribution in [0.5, 0.6) is 0 Å². The first kappa shape index (κ1) is 26.4. The van der Waals surface area contributed by atoms with Crippen LogP contribution >= 0.6 is 0 Å². The minimum Gasteiger partial charge on any atom is -0.383 e. The average Bonchev–Trinajstić information content (AvgIpc) is 3.31. The number of nitrogens with one attached hydrogen (secondary N) is 1. The van der Waals surface area contributed by atoms with Gasteiger partial charge in [0.25, 0.3) is 5.91 Å². The van der Waals surface area contributed by atoms with E-state index in [4.69, 9.17) is 5.73 Å². The van der Waals surface area contributed by atoms with Crippen molar-refractivity contribution in [2.24, 2.45) is 0 Å². The highest BCUT2D eigenvalue weighted by Gasteiger charge is 2.16. The third-order valence-corrected chi connectivity index (χ3v) is 7.04. The third-order valence-electron chi connectivity index (χ3n) is 7.04. The number of aromatic nitrogens is 4. The average molecular weight is 523 g/mol. The molecule has 5 rings (SSSR count). The lowest BCUT2D eigenvalue weighted by molar-refractivity contribution is 0.102. The first-order chi connectivity index (χ1) is 18.8. The highest BCUT2D eigenvalue weighted by molar-refractivity contribution is 6.04. The number of carbonyl (C=O) groups is 1. The number of aryl methyl sites for hydroxylation is 1. The van der Waals surface area contributed by atoms with Crippen molar-refractivity contribution in [2.75, 3.05) is 44.3 Å². The Hall–Kier alpha value is -4.26. The van der Waals surface area contributed by atoms with Gasteiger partial charge in [0, 0.05) is 55.6 Å². The van der Waals surface area contributed by atoms with Crippen molar-refractivity contribution < 1.29 is 4.79 Å². The predicted octanol–water partition coefficient (Wildman–Crippen LogP) is 3.70. The molecular formula is C30H34N8O. The second-order valence-corrected chi connectivity index (χ2v) is 10.4. The summed E-state index contributed by atoms with van der Waals surface area (Å²) in [6.07, 6.45) is 1.44. The van der Waals surface area contributed by atoms with E-state index in [0.29, 0.717) is 33.8 Å². The number of likely N-dealkylation sites (N-methyl/N-ethyl adjacent to an activating group) is 1. The quantitative estimate of drug-likeness (QED) is 0.385. The van der Waals surface area contributed by atoms with E-state index in [0.717, 1.165) is 43.9 Å². The van der Waals surface area contributed by atoms with E-state index in [-0.39, 0.29) is 11.9 Å². The van der Waals surface area contributed by atoms with Crippen LogP contribution in [0.15, 0.2) is 48.8 Å². The minimum absolute atomic E-state index is 0.0958. The summed E-state index contributed by atoms with van der Waals surface area (Å²) < 4.78 is 1.80. The highest BCUT2D eigenvalue weighted by Crippen LogP contribution is 2.23. The van der Waals surface area contributed by atoms with E-state index in [1.807, 2.05) is 63.2 Å². The van der Waals surface area contributed by atoms with Crippen molar-refractivity contribution in [2.45, 2.75) is 33.4 Å². The summed E-state index contributed by atoms with van der Waals surface area (Å²) in [5, 5.41) is 8.29. The maximum absolute atomic E-state index is 13.0. The molecule has 0 unspecified atom stereocenters. The molecule has 3 N–H and O–H groups in total. The molecule has 2 aromatic heterocycles. The van der Waals surface area contributed by atoms with Gasteiger partial charge in [-0.25, -0.2) is 14.6 Å². The number of piperazine rings is 1. The number of hydrogen-bond acceptors (Lipinski definition) is 7. The van der Waals surface area contributed by atoms with Gasteiger partial charge in [-0.3, -0.25) is 9.69 Å². The summed E-state index contributed by atoms with van der Waals surface area (Å²) in [5.41, 5.74) is 11.6. The molecule has 0 aliphatic carbocycles. The van der Waals surface area contributed by atoms with Gasteiger partial charge in [0.15, 0.2) is 5.65 Å². The van der Waals surface area contributed by atoms with E-state index < -0.39 is 0 Å². The van der Waals surface area contributed by atoms with E-state index in [9.17, 15) is 4.79 Å². The van der Waals surface area contributed by atoms with Crippen LogP contribution in [-0.4, -0.2) is 68.7 Å². The molecule has 9 heteroatoms. The smallest absolute Gasteiger partial charge is 0.255 e. The van der Waals surface area contributed by atoms with Crippen LogP contribution < -0.4 is 11.1 Å². The molecule has 1 amide bonds. The Morgan fingerprint density at radius 3 is 2.51 bits per heavy atom. The Kier molecular flexibility index (Phi) is 7.59. The Morgan fingerprint density at radius 1 is 1.05 bits per heavy atom. The van der Waals surface area contributed by atoms with Crippen molar-refractivity contribution >= 4 is 28.4 Å². The van der Waals surface area contributed by atoms with Crippen molar-refractivity contribution in [1.29, 1.82) is 0 Å². The van der Waals surface area contributed by atoms with Gasteiger partial charge in [0.05, 0.1) is 5.39 Å². The van der Waals surface area contributed by atoms with Crippen LogP contribution in [0.1, 0.15) is 52.6 Å². The largest absolute Gasteiger partial charge is 0.383 e. The molecule has 1 saturated heterocycles. The molecular weight excluding hydrogens is 488 g/mol. The molecule has 9 nitrogen and oxygen atoms in total. The molecule has 0 atom stereocenters. The van der Waals surface area contributed by atoms with Crippen molar-refractivity contribution in [3.63, 3.8) is 0 Å². The lowest BCUT2D eigenvalue weighted by atomic mass is 10.1. The number of rotatable bonds is 5. The summed E-state index contributed by atoms with van der Waals surface area (Å²) in [4.78, 5) is 26.2. The number of nitrogen functional groups attached to an aromatic ring is 1. The molecule has 1 fully saturated rings. The van der Waals surface area contributed by atoms with E-state index in [1.54, 1.807) is 4.68 Å². The number of nitrogens with two attached hydrogens (primary N) is 1. The van der Waals surface area contributed by atoms with E-state index in [2.05, 4.69) is 49.1 Å².